The van der Waals surface area contributed by atoms with Gasteiger partial charge in [0.1, 0.15) is 6.61 Å². The van der Waals surface area contributed by atoms with Crippen LogP contribution in [-0.2, 0) is 11.3 Å². The fraction of sp³-hybridized carbons (Fsp3) is 0.692. The largest absolute Gasteiger partial charge is 0.377 e. The summed E-state index contributed by atoms with van der Waals surface area (Å²) in [7, 11) is 1.58. The van der Waals surface area contributed by atoms with Crippen molar-refractivity contribution in [1.29, 1.82) is 0 Å². The lowest BCUT2D eigenvalue weighted by Crippen LogP contribution is -2.46. The predicted octanol–water partition coefficient (Wildman–Crippen LogP) is 1.04. The highest BCUT2D eigenvalue weighted by atomic mass is 16.5. The van der Waals surface area contributed by atoms with Gasteiger partial charge in [-0.1, -0.05) is 5.16 Å². The molecule has 0 aromatic carbocycles. The fourth-order valence-corrected chi connectivity index (χ4v) is 2.46. The van der Waals surface area contributed by atoms with Gasteiger partial charge in [0.2, 0.25) is 0 Å². The van der Waals surface area contributed by atoms with Crippen molar-refractivity contribution in [3.05, 3.63) is 17.5 Å². The molecule has 19 heavy (non-hydrogen) atoms. The monoisotopic (exact) mass is 267 g/mol. The molecule has 2 rings (SSSR count). The molecule has 1 aliphatic heterocycles. The average molecular weight is 267 g/mol. The number of ether oxygens (including phenoxy) is 1. The van der Waals surface area contributed by atoms with Crippen LogP contribution in [0.3, 0.4) is 0 Å². The second kappa shape index (κ2) is 6.68. The van der Waals surface area contributed by atoms with E-state index in [0.717, 1.165) is 25.9 Å². The molecule has 1 aromatic rings. The SMILES string of the molecule is CCN(C(=O)c1cc(COC)on1)C1CCNCC1. The number of methoxy groups -OCH3 is 1. The van der Waals surface area contributed by atoms with E-state index in [1.165, 1.54) is 0 Å². The number of nitrogens with zero attached hydrogens (tertiary/aromatic N) is 2. The summed E-state index contributed by atoms with van der Waals surface area (Å²) in [5.74, 6) is 0.521. The zero-order valence-corrected chi connectivity index (χ0v) is 11.5. The van der Waals surface area contributed by atoms with Gasteiger partial charge in [-0.3, -0.25) is 4.79 Å². The van der Waals surface area contributed by atoms with E-state index in [1.807, 2.05) is 11.8 Å². The molecule has 1 saturated heterocycles. The zero-order chi connectivity index (χ0) is 13.7. The summed E-state index contributed by atoms with van der Waals surface area (Å²) < 4.78 is 10.0. The summed E-state index contributed by atoms with van der Waals surface area (Å²) in [4.78, 5) is 14.3. The molecule has 6 nitrogen and oxygen atoms in total. The van der Waals surface area contributed by atoms with Crippen molar-refractivity contribution in [1.82, 2.24) is 15.4 Å². The molecule has 0 saturated carbocycles. The van der Waals surface area contributed by atoms with Crippen LogP contribution >= 0.6 is 0 Å². The first kappa shape index (κ1) is 14.0. The first-order valence-corrected chi connectivity index (χ1v) is 6.72. The Labute approximate surface area is 113 Å². The van der Waals surface area contributed by atoms with Crippen LogP contribution in [0.1, 0.15) is 36.0 Å². The van der Waals surface area contributed by atoms with Crippen LogP contribution in [0.2, 0.25) is 0 Å². The van der Waals surface area contributed by atoms with E-state index < -0.39 is 0 Å². The molecule has 106 valence electrons. The normalized spacial score (nSPS) is 16.5. The maximum Gasteiger partial charge on any atom is 0.276 e. The molecule has 0 aliphatic carbocycles. The molecule has 1 amide bonds. The van der Waals surface area contributed by atoms with Crippen molar-refractivity contribution < 1.29 is 14.1 Å². The topological polar surface area (TPSA) is 67.6 Å². The van der Waals surface area contributed by atoms with Gasteiger partial charge in [-0.15, -0.1) is 0 Å². The van der Waals surface area contributed by atoms with Crippen LogP contribution < -0.4 is 5.32 Å². The van der Waals surface area contributed by atoms with Gasteiger partial charge in [0.25, 0.3) is 5.91 Å². The number of hydrogen-bond acceptors (Lipinski definition) is 5. The van der Waals surface area contributed by atoms with E-state index in [2.05, 4.69) is 10.5 Å². The Morgan fingerprint density at radius 1 is 1.58 bits per heavy atom. The number of carbonyl (C=O) groups is 1. The van der Waals surface area contributed by atoms with Crippen LogP contribution in [-0.4, -0.2) is 48.7 Å². The molecular weight excluding hydrogens is 246 g/mol. The Bertz CT molecular complexity index is 413. The molecule has 0 unspecified atom stereocenters. The van der Waals surface area contributed by atoms with Crippen LogP contribution in [0.25, 0.3) is 0 Å². The summed E-state index contributed by atoms with van der Waals surface area (Å²) in [5, 5.41) is 7.14. The highest BCUT2D eigenvalue weighted by Crippen LogP contribution is 2.16. The van der Waals surface area contributed by atoms with E-state index >= 15 is 0 Å². The molecule has 0 radical (unpaired) electrons. The second-order valence-electron chi connectivity index (χ2n) is 4.68. The predicted molar refractivity (Wildman–Crippen MR) is 69.8 cm³/mol. The number of piperidine rings is 1. The summed E-state index contributed by atoms with van der Waals surface area (Å²) in [6, 6.07) is 1.96. The molecule has 0 spiro atoms. The standard InChI is InChI=1S/C13H21N3O3/c1-3-16(10-4-6-14-7-5-10)13(17)12-8-11(9-18-2)19-15-12/h8,10,14H,3-7,9H2,1-2H3. The highest BCUT2D eigenvalue weighted by molar-refractivity contribution is 5.92. The molecule has 1 aromatic heterocycles. The Hall–Kier alpha value is -1.40. The van der Waals surface area contributed by atoms with E-state index in [1.54, 1.807) is 13.2 Å². The Kier molecular flexibility index (Phi) is 4.93. The van der Waals surface area contributed by atoms with Crippen LogP contribution in [0.5, 0.6) is 0 Å². The Morgan fingerprint density at radius 2 is 2.32 bits per heavy atom. The van der Waals surface area contributed by atoms with Crippen molar-refractivity contribution in [2.24, 2.45) is 0 Å². The number of rotatable bonds is 5. The quantitative estimate of drug-likeness (QED) is 0.863. The van der Waals surface area contributed by atoms with Crippen molar-refractivity contribution in [3.8, 4) is 0 Å². The first-order valence-electron chi connectivity index (χ1n) is 6.72. The van der Waals surface area contributed by atoms with E-state index in [0.29, 0.717) is 30.6 Å². The molecular formula is C13H21N3O3. The fourth-order valence-electron chi connectivity index (χ4n) is 2.46. The molecule has 0 bridgehead atoms. The molecule has 2 heterocycles. The van der Waals surface area contributed by atoms with Crippen molar-refractivity contribution in [2.45, 2.75) is 32.4 Å². The molecule has 1 aliphatic rings. The number of nitrogens with one attached hydrogen (secondary N) is 1. The third-order valence-electron chi connectivity index (χ3n) is 3.42. The smallest absolute Gasteiger partial charge is 0.276 e. The van der Waals surface area contributed by atoms with Gasteiger partial charge in [0.05, 0.1) is 0 Å². The Morgan fingerprint density at radius 3 is 2.95 bits per heavy atom. The van der Waals surface area contributed by atoms with Crippen LogP contribution in [0.15, 0.2) is 10.6 Å². The lowest BCUT2D eigenvalue weighted by molar-refractivity contribution is 0.0645. The van der Waals surface area contributed by atoms with E-state index in [-0.39, 0.29) is 5.91 Å². The van der Waals surface area contributed by atoms with Crippen LogP contribution in [0, 0.1) is 0 Å². The molecule has 0 atom stereocenters. The third kappa shape index (κ3) is 3.33. The number of carbonyl (C=O) groups excluding carboxylic acids is 1. The molecule has 1 N–H and O–H groups in total. The third-order valence-corrected chi connectivity index (χ3v) is 3.42. The number of hydrogen-bond donors (Lipinski definition) is 1. The number of aromatic nitrogens is 1. The zero-order valence-electron chi connectivity index (χ0n) is 11.5. The lowest BCUT2D eigenvalue weighted by Gasteiger charge is -2.33. The van der Waals surface area contributed by atoms with Crippen molar-refractivity contribution >= 4 is 5.91 Å². The van der Waals surface area contributed by atoms with Gasteiger partial charge < -0.3 is 19.5 Å². The summed E-state index contributed by atoms with van der Waals surface area (Å²) in [6.07, 6.45) is 1.98. The average Bonchev–Trinajstić information content (AvgIpc) is 2.90. The Balaban J connectivity index is 2.05. The minimum atomic E-state index is -0.0551. The maximum atomic E-state index is 12.4. The summed E-state index contributed by atoms with van der Waals surface area (Å²) in [6.45, 7) is 4.94. The minimum Gasteiger partial charge on any atom is -0.377 e. The second-order valence-corrected chi connectivity index (χ2v) is 4.68. The highest BCUT2D eigenvalue weighted by Gasteiger charge is 2.26. The lowest BCUT2D eigenvalue weighted by atomic mass is 10.0. The summed E-state index contributed by atoms with van der Waals surface area (Å²) >= 11 is 0. The first-order chi connectivity index (χ1) is 9.26. The van der Waals surface area contributed by atoms with Gasteiger partial charge >= 0.3 is 0 Å². The van der Waals surface area contributed by atoms with E-state index in [4.69, 9.17) is 9.26 Å². The summed E-state index contributed by atoms with van der Waals surface area (Å²) in [5.41, 5.74) is 0.368. The van der Waals surface area contributed by atoms with Crippen molar-refractivity contribution in [3.63, 3.8) is 0 Å². The van der Waals surface area contributed by atoms with Gasteiger partial charge in [0, 0.05) is 25.8 Å². The van der Waals surface area contributed by atoms with Gasteiger partial charge in [0.15, 0.2) is 11.5 Å². The number of amides is 1. The van der Waals surface area contributed by atoms with Crippen LogP contribution in [0.4, 0.5) is 0 Å². The van der Waals surface area contributed by atoms with Gasteiger partial charge in [-0.25, -0.2) is 0 Å². The van der Waals surface area contributed by atoms with Gasteiger partial charge in [-0.2, -0.15) is 0 Å². The maximum absolute atomic E-state index is 12.4. The molecule has 6 heteroatoms. The van der Waals surface area contributed by atoms with E-state index in [9.17, 15) is 4.79 Å². The van der Waals surface area contributed by atoms with Crippen molar-refractivity contribution in [2.75, 3.05) is 26.7 Å². The molecule has 1 fully saturated rings. The minimum absolute atomic E-state index is 0.0551. The van der Waals surface area contributed by atoms with Gasteiger partial charge in [-0.05, 0) is 32.9 Å².